The highest BCUT2D eigenvalue weighted by Gasteiger charge is 2.01. The van der Waals surface area contributed by atoms with Crippen molar-refractivity contribution in [1.29, 1.82) is 0 Å². The zero-order valence-electron chi connectivity index (χ0n) is 9.36. The van der Waals surface area contributed by atoms with Gasteiger partial charge in [-0.05, 0) is 31.4 Å². The Balaban J connectivity index is 2.07. The van der Waals surface area contributed by atoms with Crippen molar-refractivity contribution in [2.45, 2.75) is 38.7 Å². The molecular formula is C13H20O2. The summed E-state index contributed by atoms with van der Waals surface area (Å²) in [6, 6.07) is 9.78. The topological polar surface area (TPSA) is 29.5 Å². The molecule has 0 saturated heterocycles. The number of aliphatic hydroxyl groups excluding tert-OH is 1. The minimum absolute atomic E-state index is 0.158. The molecule has 2 nitrogen and oxygen atoms in total. The van der Waals surface area contributed by atoms with Gasteiger partial charge < -0.3 is 9.84 Å². The SMILES string of the molecule is CCCC(O)CCCOc1ccccc1. The van der Waals surface area contributed by atoms with Crippen LogP contribution in [0.1, 0.15) is 32.6 Å². The number of ether oxygens (including phenoxy) is 1. The van der Waals surface area contributed by atoms with Crippen LogP contribution in [0.25, 0.3) is 0 Å². The Morgan fingerprint density at radius 1 is 1.20 bits per heavy atom. The predicted molar refractivity (Wildman–Crippen MR) is 62.1 cm³/mol. The van der Waals surface area contributed by atoms with E-state index >= 15 is 0 Å². The van der Waals surface area contributed by atoms with Gasteiger partial charge in [0, 0.05) is 0 Å². The van der Waals surface area contributed by atoms with Crippen LogP contribution in [-0.2, 0) is 0 Å². The maximum atomic E-state index is 9.49. The summed E-state index contributed by atoms with van der Waals surface area (Å²) in [7, 11) is 0. The van der Waals surface area contributed by atoms with Crippen LogP contribution < -0.4 is 4.74 Å². The molecule has 0 radical (unpaired) electrons. The van der Waals surface area contributed by atoms with E-state index in [0.29, 0.717) is 6.61 Å². The van der Waals surface area contributed by atoms with Gasteiger partial charge in [-0.2, -0.15) is 0 Å². The summed E-state index contributed by atoms with van der Waals surface area (Å²) >= 11 is 0. The molecule has 15 heavy (non-hydrogen) atoms. The second kappa shape index (κ2) is 7.30. The van der Waals surface area contributed by atoms with E-state index in [9.17, 15) is 5.11 Å². The van der Waals surface area contributed by atoms with Gasteiger partial charge >= 0.3 is 0 Å². The molecule has 0 aromatic heterocycles. The first-order chi connectivity index (χ1) is 7.33. The molecule has 0 heterocycles. The smallest absolute Gasteiger partial charge is 0.119 e. The number of hydrogen-bond acceptors (Lipinski definition) is 2. The van der Waals surface area contributed by atoms with E-state index in [1.807, 2.05) is 30.3 Å². The van der Waals surface area contributed by atoms with Gasteiger partial charge in [-0.25, -0.2) is 0 Å². The minimum atomic E-state index is -0.158. The molecule has 1 atom stereocenters. The Morgan fingerprint density at radius 2 is 1.93 bits per heavy atom. The van der Waals surface area contributed by atoms with Crippen LogP contribution in [0.2, 0.25) is 0 Å². The van der Waals surface area contributed by atoms with Crippen molar-refractivity contribution in [3.8, 4) is 5.75 Å². The van der Waals surface area contributed by atoms with E-state index in [0.717, 1.165) is 31.4 Å². The fourth-order valence-corrected chi connectivity index (χ4v) is 1.50. The Morgan fingerprint density at radius 3 is 2.60 bits per heavy atom. The maximum absolute atomic E-state index is 9.49. The highest BCUT2D eigenvalue weighted by atomic mass is 16.5. The molecule has 1 unspecified atom stereocenters. The molecule has 0 saturated carbocycles. The number of para-hydroxylation sites is 1. The first-order valence-corrected chi connectivity index (χ1v) is 5.69. The van der Waals surface area contributed by atoms with E-state index < -0.39 is 0 Å². The average molecular weight is 208 g/mol. The standard InChI is InChI=1S/C13H20O2/c1-2-7-12(14)8-6-11-15-13-9-4-3-5-10-13/h3-5,9-10,12,14H,2,6-8,11H2,1H3. The molecule has 0 aliphatic rings. The predicted octanol–water partition coefficient (Wildman–Crippen LogP) is 3.01. The fourth-order valence-electron chi connectivity index (χ4n) is 1.50. The highest BCUT2D eigenvalue weighted by Crippen LogP contribution is 2.10. The Labute approximate surface area is 91.9 Å². The third kappa shape index (κ3) is 5.43. The first kappa shape index (κ1) is 12.1. The molecule has 0 fully saturated rings. The molecule has 1 N–H and O–H groups in total. The van der Waals surface area contributed by atoms with E-state index in [4.69, 9.17) is 4.74 Å². The van der Waals surface area contributed by atoms with Crippen LogP contribution in [0.3, 0.4) is 0 Å². The number of hydrogen-bond donors (Lipinski definition) is 1. The Bertz CT molecular complexity index is 246. The van der Waals surface area contributed by atoms with Crippen LogP contribution in [-0.4, -0.2) is 17.8 Å². The summed E-state index contributed by atoms with van der Waals surface area (Å²) in [4.78, 5) is 0. The summed E-state index contributed by atoms with van der Waals surface area (Å²) in [5, 5.41) is 9.49. The van der Waals surface area contributed by atoms with Crippen molar-refractivity contribution in [2.24, 2.45) is 0 Å². The summed E-state index contributed by atoms with van der Waals surface area (Å²) in [5.74, 6) is 0.905. The zero-order chi connectivity index (χ0) is 10.9. The lowest BCUT2D eigenvalue weighted by Gasteiger charge is -2.09. The average Bonchev–Trinajstić information content (AvgIpc) is 2.26. The molecule has 0 bridgehead atoms. The zero-order valence-corrected chi connectivity index (χ0v) is 9.36. The highest BCUT2D eigenvalue weighted by molar-refractivity contribution is 5.20. The monoisotopic (exact) mass is 208 g/mol. The number of rotatable bonds is 7. The van der Waals surface area contributed by atoms with Gasteiger partial charge in [-0.1, -0.05) is 31.5 Å². The minimum Gasteiger partial charge on any atom is -0.494 e. The largest absolute Gasteiger partial charge is 0.494 e. The lowest BCUT2D eigenvalue weighted by atomic mass is 10.1. The summed E-state index contributed by atoms with van der Waals surface area (Å²) in [6.45, 7) is 2.77. The third-order valence-electron chi connectivity index (χ3n) is 2.32. The van der Waals surface area contributed by atoms with Crippen LogP contribution in [0.15, 0.2) is 30.3 Å². The van der Waals surface area contributed by atoms with Crippen molar-refractivity contribution < 1.29 is 9.84 Å². The van der Waals surface area contributed by atoms with E-state index in [-0.39, 0.29) is 6.10 Å². The molecule has 2 heteroatoms. The van der Waals surface area contributed by atoms with Gasteiger partial charge in [0.1, 0.15) is 5.75 Å². The van der Waals surface area contributed by atoms with Gasteiger partial charge in [0.15, 0.2) is 0 Å². The van der Waals surface area contributed by atoms with E-state index in [1.54, 1.807) is 0 Å². The summed E-state index contributed by atoms with van der Waals surface area (Å²) in [5.41, 5.74) is 0. The van der Waals surface area contributed by atoms with Gasteiger partial charge in [-0.3, -0.25) is 0 Å². The quantitative estimate of drug-likeness (QED) is 0.698. The molecule has 1 aromatic rings. The van der Waals surface area contributed by atoms with Crippen molar-refractivity contribution in [3.05, 3.63) is 30.3 Å². The molecule has 0 aliphatic carbocycles. The van der Waals surface area contributed by atoms with Crippen molar-refractivity contribution in [2.75, 3.05) is 6.61 Å². The van der Waals surface area contributed by atoms with Crippen molar-refractivity contribution in [3.63, 3.8) is 0 Å². The summed E-state index contributed by atoms with van der Waals surface area (Å²) < 4.78 is 5.52. The first-order valence-electron chi connectivity index (χ1n) is 5.69. The van der Waals surface area contributed by atoms with Gasteiger partial charge in [-0.15, -0.1) is 0 Å². The molecule has 0 spiro atoms. The van der Waals surface area contributed by atoms with Crippen LogP contribution in [0.5, 0.6) is 5.75 Å². The Kier molecular flexibility index (Phi) is 5.86. The molecule has 84 valence electrons. The molecule has 0 aliphatic heterocycles. The second-order valence-electron chi connectivity index (χ2n) is 3.75. The van der Waals surface area contributed by atoms with Crippen LogP contribution >= 0.6 is 0 Å². The van der Waals surface area contributed by atoms with Gasteiger partial charge in [0.25, 0.3) is 0 Å². The second-order valence-corrected chi connectivity index (χ2v) is 3.75. The van der Waals surface area contributed by atoms with Crippen molar-refractivity contribution in [1.82, 2.24) is 0 Å². The van der Waals surface area contributed by atoms with Crippen LogP contribution in [0.4, 0.5) is 0 Å². The Hall–Kier alpha value is -1.02. The number of benzene rings is 1. The van der Waals surface area contributed by atoms with Crippen molar-refractivity contribution >= 4 is 0 Å². The number of aliphatic hydroxyl groups is 1. The molecule has 0 amide bonds. The van der Waals surface area contributed by atoms with Gasteiger partial charge in [0.05, 0.1) is 12.7 Å². The van der Waals surface area contributed by atoms with Gasteiger partial charge in [0.2, 0.25) is 0 Å². The third-order valence-corrected chi connectivity index (χ3v) is 2.32. The fraction of sp³-hybridized carbons (Fsp3) is 0.538. The molecule has 1 aromatic carbocycles. The van der Waals surface area contributed by atoms with Crippen LogP contribution in [0, 0.1) is 0 Å². The van der Waals surface area contributed by atoms with E-state index in [2.05, 4.69) is 6.92 Å². The normalized spacial score (nSPS) is 12.4. The maximum Gasteiger partial charge on any atom is 0.119 e. The molecule has 1 rings (SSSR count). The summed E-state index contributed by atoms with van der Waals surface area (Å²) in [6.07, 6.45) is 3.53. The van der Waals surface area contributed by atoms with E-state index in [1.165, 1.54) is 0 Å². The lowest BCUT2D eigenvalue weighted by molar-refractivity contribution is 0.142. The molecular weight excluding hydrogens is 188 g/mol. The lowest BCUT2D eigenvalue weighted by Crippen LogP contribution is -2.08.